The normalized spacial score (nSPS) is 50.1. The molecule has 2 saturated heterocycles. The van der Waals surface area contributed by atoms with Gasteiger partial charge in [-0.25, -0.2) is 0 Å². The quantitative estimate of drug-likeness (QED) is 0.140. The predicted octanol–water partition coefficient (Wildman–Crippen LogP) is -1.43. The van der Waals surface area contributed by atoms with E-state index >= 15 is 0 Å². The molecule has 0 aromatic heterocycles. The van der Waals surface area contributed by atoms with Gasteiger partial charge in [0, 0.05) is 37.7 Å². The second-order valence-corrected chi connectivity index (χ2v) is 16.0. The van der Waals surface area contributed by atoms with Crippen LogP contribution in [0.2, 0.25) is 0 Å². The van der Waals surface area contributed by atoms with Gasteiger partial charge in [0.2, 0.25) is 0 Å². The smallest absolute Gasteiger partial charge is 0.186 e. The molecule has 4 aliphatic carbocycles. The van der Waals surface area contributed by atoms with Gasteiger partial charge >= 0.3 is 0 Å². The van der Waals surface area contributed by atoms with Crippen molar-refractivity contribution < 1.29 is 59.8 Å². The van der Waals surface area contributed by atoms with Crippen molar-refractivity contribution in [1.82, 2.24) is 0 Å². The van der Waals surface area contributed by atoms with Gasteiger partial charge in [0.25, 0.3) is 0 Å². The Hall–Kier alpha value is -1.10. The molecule has 0 amide bonds. The topological polar surface area (TPSA) is 226 Å². The van der Waals surface area contributed by atoms with Gasteiger partial charge in [-0.2, -0.15) is 0 Å². The van der Waals surface area contributed by atoms with Crippen molar-refractivity contribution in [2.24, 2.45) is 53.1 Å². The number of hydrogen-bond acceptors (Lipinski definition) is 12. The zero-order valence-electron chi connectivity index (χ0n) is 28.2. The maximum atomic E-state index is 14.6. The van der Waals surface area contributed by atoms with Crippen LogP contribution >= 0.6 is 0 Å². The van der Waals surface area contributed by atoms with Crippen LogP contribution in [0.15, 0.2) is 0 Å². The molecule has 4 saturated carbocycles. The molecule has 274 valence electrons. The lowest BCUT2D eigenvalue weighted by Gasteiger charge is -2.53. The SMILES string of the molecule is COC1CC(O[C@H]2O[C@H](CO)[C@@H](O)[C@H](O)[C@H]2O)C2C(=O)C3C(CC(CCC4CCC(N)[NH2+]C4)C(CC4CCCC(O)C4)C3O)C(=O)C2C1. The Morgan fingerprint density at radius 1 is 0.833 bits per heavy atom. The van der Waals surface area contributed by atoms with Crippen molar-refractivity contribution >= 4 is 11.6 Å². The van der Waals surface area contributed by atoms with Crippen LogP contribution < -0.4 is 11.1 Å². The molecule has 6 fully saturated rings. The summed E-state index contributed by atoms with van der Waals surface area (Å²) in [6, 6.07) is 0. The third kappa shape index (κ3) is 7.43. The maximum absolute atomic E-state index is 14.6. The molecule has 0 bridgehead atoms. The fourth-order valence-corrected chi connectivity index (χ4v) is 10.4. The van der Waals surface area contributed by atoms with Crippen molar-refractivity contribution in [3.05, 3.63) is 0 Å². The van der Waals surface area contributed by atoms with Gasteiger partial charge < -0.3 is 50.2 Å². The molecule has 6 rings (SSSR count). The number of carbonyl (C=O) groups excluding carboxylic acids is 2. The summed E-state index contributed by atoms with van der Waals surface area (Å²) in [4.78, 5) is 29.1. The highest BCUT2D eigenvalue weighted by molar-refractivity contribution is 6.00. The van der Waals surface area contributed by atoms with Gasteiger partial charge in [0.1, 0.15) is 42.1 Å². The summed E-state index contributed by atoms with van der Waals surface area (Å²) in [5.74, 6) is -2.69. The second kappa shape index (κ2) is 15.6. The number of hydrogen-bond donors (Lipinski definition) is 8. The van der Waals surface area contributed by atoms with E-state index in [2.05, 4.69) is 5.32 Å². The summed E-state index contributed by atoms with van der Waals surface area (Å²) in [7, 11) is 1.54. The molecule has 10 N–H and O–H groups in total. The number of Topliss-reactive ketones (excluding diaryl/α,β-unsaturated/α-hetero) is 2. The largest absolute Gasteiger partial charge is 0.394 e. The summed E-state index contributed by atoms with van der Waals surface area (Å²) < 4.78 is 17.5. The summed E-state index contributed by atoms with van der Waals surface area (Å²) in [6.07, 6.45) is -0.967. The van der Waals surface area contributed by atoms with E-state index in [4.69, 9.17) is 19.9 Å². The maximum Gasteiger partial charge on any atom is 0.186 e. The number of piperidine rings is 1. The minimum Gasteiger partial charge on any atom is -0.394 e. The number of methoxy groups -OCH3 is 1. The number of ketones is 2. The minimum atomic E-state index is -1.65. The van der Waals surface area contributed by atoms with Crippen LogP contribution in [0.4, 0.5) is 0 Å². The van der Waals surface area contributed by atoms with Crippen LogP contribution in [0.5, 0.6) is 0 Å². The van der Waals surface area contributed by atoms with Crippen molar-refractivity contribution in [3.63, 3.8) is 0 Å². The average molecular weight is 684 g/mol. The monoisotopic (exact) mass is 683 g/mol. The van der Waals surface area contributed by atoms with Crippen LogP contribution in [-0.2, 0) is 23.8 Å². The number of fused-ring (bicyclic) bond motifs is 2. The lowest BCUT2D eigenvalue weighted by Crippen LogP contribution is -2.95. The highest BCUT2D eigenvalue weighted by atomic mass is 16.7. The van der Waals surface area contributed by atoms with E-state index in [9.17, 15) is 40.2 Å². The molecule has 6 aliphatic rings. The first-order valence-electron chi connectivity index (χ1n) is 18.5. The lowest BCUT2D eigenvalue weighted by atomic mass is 9.52. The Morgan fingerprint density at radius 2 is 1.60 bits per heavy atom. The van der Waals surface area contributed by atoms with Crippen molar-refractivity contribution in [2.45, 2.75) is 138 Å². The first-order valence-corrected chi connectivity index (χ1v) is 18.5. The summed E-state index contributed by atoms with van der Waals surface area (Å²) in [6.45, 7) is 0.347. The lowest BCUT2D eigenvalue weighted by molar-refractivity contribution is -0.702. The Morgan fingerprint density at radius 3 is 2.29 bits per heavy atom. The van der Waals surface area contributed by atoms with E-state index in [0.29, 0.717) is 31.6 Å². The van der Waals surface area contributed by atoms with Gasteiger partial charge in [-0.3, -0.25) is 15.3 Å². The zero-order valence-corrected chi connectivity index (χ0v) is 28.2. The Bertz CT molecular complexity index is 1100. The minimum absolute atomic E-state index is 0.0543. The van der Waals surface area contributed by atoms with Crippen LogP contribution in [0.25, 0.3) is 0 Å². The fraction of sp³-hybridized carbons (Fsp3) is 0.943. The van der Waals surface area contributed by atoms with Gasteiger partial charge in [-0.1, -0.05) is 12.8 Å². The number of carbonyl (C=O) groups is 2. The highest BCUT2D eigenvalue weighted by Crippen LogP contribution is 2.53. The van der Waals surface area contributed by atoms with Gasteiger partial charge in [-0.15, -0.1) is 0 Å². The molecular weight excluding hydrogens is 624 g/mol. The molecule has 48 heavy (non-hydrogen) atoms. The van der Waals surface area contributed by atoms with Crippen molar-refractivity contribution in [2.75, 3.05) is 20.3 Å². The molecule has 2 heterocycles. The van der Waals surface area contributed by atoms with Gasteiger partial charge in [0.05, 0.1) is 49.4 Å². The molecule has 2 aliphatic heterocycles. The van der Waals surface area contributed by atoms with Crippen LogP contribution in [0.3, 0.4) is 0 Å². The van der Waals surface area contributed by atoms with Crippen LogP contribution in [-0.4, -0.2) is 124 Å². The van der Waals surface area contributed by atoms with Crippen LogP contribution in [0, 0.1) is 47.3 Å². The van der Waals surface area contributed by atoms with E-state index in [1.807, 2.05) is 0 Å². The van der Waals surface area contributed by atoms with E-state index in [1.165, 1.54) is 7.11 Å². The number of aliphatic hydroxyl groups excluding tert-OH is 6. The first-order chi connectivity index (χ1) is 23.0. The Labute approximate surface area is 282 Å². The molecule has 0 aromatic carbocycles. The van der Waals surface area contributed by atoms with E-state index in [0.717, 1.165) is 51.5 Å². The third-order valence-corrected chi connectivity index (χ3v) is 13.1. The van der Waals surface area contributed by atoms with Gasteiger partial charge in [0.15, 0.2) is 6.29 Å². The molecule has 13 heteroatoms. The highest BCUT2D eigenvalue weighted by Gasteiger charge is 2.61. The summed E-state index contributed by atoms with van der Waals surface area (Å²) >= 11 is 0. The first kappa shape index (κ1) is 36.7. The molecule has 13 unspecified atom stereocenters. The Kier molecular flexibility index (Phi) is 12.0. The summed E-state index contributed by atoms with van der Waals surface area (Å²) in [5, 5.41) is 65.9. The molecule has 0 aromatic rings. The van der Waals surface area contributed by atoms with Crippen molar-refractivity contribution in [1.29, 1.82) is 0 Å². The van der Waals surface area contributed by atoms with Gasteiger partial charge in [-0.05, 0) is 69.1 Å². The number of nitrogens with two attached hydrogens (primary N) is 2. The summed E-state index contributed by atoms with van der Waals surface area (Å²) in [5.41, 5.74) is 6.11. The number of ether oxygens (including phenoxy) is 3. The molecule has 18 atom stereocenters. The third-order valence-electron chi connectivity index (χ3n) is 13.1. The van der Waals surface area contributed by atoms with E-state index in [-0.39, 0.29) is 48.0 Å². The fourth-order valence-electron chi connectivity index (χ4n) is 10.4. The standard InChI is InChI=1S/C35H58N2O11/c1-46-20-12-23-27(24(13-20)47-35-34(45)33(44)31(42)25(15-38)48-35)32(43)28-22(29(23)40)11-18(7-5-16-6-8-26(36)37-14-16)21(30(28)41)10-17-3-2-4-19(39)9-17/h16-28,30-31,33-35,37-39,41-42,44-45H,2-15,36H2,1H3/p+1/t16?,17?,18?,19?,20?,21?,22?,23?,24?,25-,26?,27?,28?,30?,31-,33+,34-,35+/m1/s1. The van der Waals surface area contributed by atoms with Crippen molar-refractivity contribution in [3.8, 4) is 0 Å². The number of aliphatic hydroxyl groups is 6. The zero-order chi connectivity index (χ0) is 34.3. The molecule has 0 spiro atoms. The average Bonchev–Trinajstić information content (AvgIpc) is 3.08. The Balaban J connectivity index is 1.24. The predicted molar refractivity (Wildman–Crippen MR) is 170 cm³/mol. The second-order valence-electron chi connectivity index (χ2n) is 16.0. The van der Waals surface area contributed by atoms with Crippen LogP contribution in [0.1, 0.15) is 77.0 Å². The number of rotatable bonds is 9. The van der Waals surface area contributed by atoms with E-state index < -0.39 is 79.3 Å². The molecule has 13 nitrogen and oxygen atoms in total. The number of quaternary nitrogens is 1. The van der Waals surface area contributed by atoms with E-state index in [1.54, 1.807) is 0 Å². The molecular formula is C35H59N2O11+. The molecule has 0 radical (unpaired) electrons.